The molecule has 0 unspecified atom stereocenters. The molecule has 0 atom stereocenters. The van der Waals surface area contributed by atoms with Crippen LogP contribution in [0.2, 0.25) is 0 Å². The van der Waals surface area contributed by atoms with Crippen LogP contribution in [-0.2, 0) is 17.4 Å². The van der Waals surface area contributed by atoms with Crippen molar-refractivity contribution >= 4 is 11.6 Å². The summed E-state index contributed by atoms with van der Waals surface area (Å²) in [6.45, 7) is 0.450. The van der Waals surface area contributed by atoms with Crippen LogP contribution >= 0.6 is 0 Å². The van der Waals surface area contributed by atoms with Gasteiger partial charge >= 0.3 is 6.18 Å². The Kier molecular flexibility index (Phi) is 3.35. The lowest BCUT2D eigenvalue weighted by Gasteiger charge is -2.05. The number of halogens is 3. The van der Waals surface area contributed by atoms with E-state index in [1.807, 2.05) is 0 Å². The van der Waals surface area contributed by atoms with Crippen molar-refractivity contribution in [3.8, 4) is 0 Å². The van der Waals surface area contributed by atoms with Gasteiger partial charge in [0.1, 0.15) is 5.65 Å². The van der Waals surface area contributed by atoms with Crippen LogP contribution in [0, 0.1) is 5.92 Å². The number of pyridine rings is 1. The van der Waals surface area contributed by atoms with Crippen LogP contribution < -0.4 is 5.32 Å². The maximum atomic E-state index is 12.6. The van der Waals surface area contributed by atoms with Crippen LogP contribution in [0.1, 0.15) is 24.1 Å². The Labute approximate surface area is 119 Å². The lowest BCUT2D eigenvalue weighted by Crippen LogP contribution is -2.26. The first kappa shape index (κ1) is 13.9. The average Bonchev–Trinajstić information content (AvgIpc) is 3.17. The summed E-state index contributed by atoms with van der Waals surface area (Å²) in [4.78, 5) is 15.7. The second-order valence-corrected chi connectivity index (χ2v) is 5.23. The Hall–Kier alpha value is -2.05. The van der Waals surface area contributed by atoms with E-state index in [2.05, 4.69) is 10.3 Å². The second kappa shape index (κ2) is 5.05. The van der Waals surface area contributed by atoms with Gasteiger partial charge in [-0.3, -0.25) is 4.79 Å². The van der Waals surface area contributed by atoms with E-state index in [1.165, 1.54) is 10.5 Å². The molecular weight excluding hydrogens is 283 g/mol. The number of hydrogen-bond donors (Lipinski definition) is 1. The number of nitrogens with one attached hydrogen (secondary N) is 1. The fourth-order valence-electron chi connectivity index (χ4n) is 2.14. The van der Waals surface area contributed by atoms with Gasteiger partial charge in [0.2, 0.25) is 5.91 Å². The lowest BCUT2D eigenvalue weighted by atomic mass is 10.3. The van der Waals surface area contributed by atoms with Gasteiger partial charge in [0.05, 0.1) is 11.3 Å². The minimum Gasteiger partial charge on any atom is -0.355 e. The van der Waals surface area contributed by atoms with Crippen molar-refractivity contribution in [2.45, 2.75) is 25.4 Å². The monoisotopic (exact) mass is 297 g/mol. The van der Waals surface area contributed by atoms with Gasteiger partial charge in [-0.1, -0.05) is 0 Å². The van der Waals surface area contributed by atoms with Crippen LogP contribution in [0.15, 0.2) is 24.5 Å². The lowest BCUT2D eigenvalue weighted by molar-refractivity contribution is -0.137. The molecule has 1 N–H and O–H groups in total. The van der Waals surface area contributed by atoms with E-state index in [9.17, 15) is 18.0 Å². The third-order valence-electron chi connectivity index (χ3n) is 3.46. The quantitative estimate of drug-likeness (QED) is 0.942. The normalized spacial score (nSPS) is 15.4. The summed E-state index contributed by atoms with van der Waals surface area (Å²) in [5, 5.41) is 2.80. The number of amides is 1. The van der Waals surface area contributed by atoms with Crippen molar-refractivity contribution in [3.63, 3.8) is 0 Å². The molecule has 1 fully saturated rings. The summed E-state index contributed by atoms with van der Waals surface area (Å²) in [6.07, 6.45) is 0.613. The molecule has 2 aromatic rings. The Morgan fingerprint density at radius 3 is 2.76 bits per heavy atom. The molecule has 0 radical (unpaired) electrons. The molecule has 2 aromatic heterocycles. The molecule has 1 saturated carbocycles. The van der Waals surface area contributed by atoms with Gasteiger partial charge in [0, 0.05) is 31.3 Å². The van der Waals surface area contributed by atoms with Crippen molar-refractivity contribution in [2.75, 3.05) is 6.54 Å². The SMILES string of the molecule is O=C(NCCc1cn2cc(C(F)(F)F)ccc2n1)C1CC1. The predicted molar refractivity (Wildman–Crippen MR) is 69.6 cm³/mol. The van der Waals surface area contributed by atoms with Crippen molar-refractivity contribution in [3.05, 3.63) is 35.8 Å². The molecule has 4 nitrogen and oxygen atoms in total. The molecule has 0 aliphatic heterocycles. The first-order valence-electron chi connectivity index (χ1n) is 6.76. The smallest absolute Gasteiger partial charge is 0.355 e. The van der Waals surface area contributed by atoms with Gasteiger partial charge in [-0.15, -0.1) is 0 Å². The van der Waals surface area contributed by atoms with Gasteiger partial charge in [-0.25, -0.2) is 4.98 Å². The standard InChI is InChI=1S/C14H14F3N3O/c15-14(16,17)10-3-4-12-19-11(8-20(12)7-10)5-6-18-13(21)9-1-2-9/h3-4,7-9H,1-2,5-6H2,(H,18,21). The molecule has 1 aliphatic carbocycles. The van der Waals surface area contributed by atoms with Crippen LogP contribution in [0.3, 0.4) is 0 Å². The van der Waals surface area contributed by atoms with E-state index < -0.39 is 11.7 Å². The summed E-state index contributed by atoms with van der Waals surface area (Å²) in [5.74, 6) is 0.207. The van der Waals surface area contributed by atoms with Gasteiger partial charge in [-0.2, -0.15) is 13.2 Å². The number of nitrogens with zero attached hydrogens (tertiary/aromatic N) is 2. The number of carbonyl (C=O) groups excluding carboxylic acids is 1. The van der Waals surface area contributed by atoms with E-state index in [1.54, 1.807) is 6.20 Å². The highest BCUT2D eigenvalue weighted by Crippen LogP contribution is 2.29. The largest absolute Gasteiger partial charge is 0.417 e. The number of alkyl halides is 3. The third kappa shape index (κ3) is 3.17. The van der Waals surface area contributed by atoms with Crippen molar-refractivity contribution in [1.82, 2.24) is 14.7 Å². The number of rotatable bonds is 4. The van der Waals surface area contributed by atoms with Crippen LogP contribution in [0.5, 0.6) is 0 Å². The summed E-state index contributed by atoms with van der Waals surface area (Å²) in [5.41, 5.74) is 0.415. The predicted octanol–water partition coefficient (Wildman–Crippen LogP) is 2.42. The first-order valence-corrected chi connectivity index (χ1v) is 6.76. The molecule has 1 aliphatic rings. The van der Waals surface area contributed by atoms with Crippen molar-refractivity contribution in [1.29, 1.82) is 0 Å². The minimum atomic E-state index is -4.36. The van der Waals surface area contributed by atoms with Crippen LogP contribution in [-0.4, -0.2) is 21.8 Å². The number of imidazole rings is 1. The molecule has 7 heteroatoms. The van der Waals surface area contributed by atoms with E-state index >= 15 is 0 Å². The molecule has 3 rings (SSSR count). The minimum absolute atomic E-state index is 0.0538. The zero-order valence-electron chi connectivity index (χ0n) is 11.2. The summed E-state index contributed by atoms with van der Waals surface area (Å²) in [6, 6.07) is 2.36. The highest BCUT2D eigenvalue weighted by Gasteiger charge is 2.31. The number of carbonyl (C=O) groups is 1. The topological polar surface area (TPSA) is 46.4 Å². The van der Waals surface area contributed by atoms with Crippen LogP contribution in [0.25, 0.3) is 5.65 Å². The summed E-state index contributed by atoms with van der Waals surface area (Å²) in [7, 11) is 0. The van der Waals surface area contributed by atoms with Crippen LogP contribution in [0.4, 0.5) is 13.2 Å². The molecule has 0 saturated heterocycles. The van der Waals surface area contributed by atoms with E-state index in [4.69, 9.17) is 0 Å². The fraction of sp³-hybridized carbons (Fsp3) is 0.429. The van der Waals surface area contributed by atoms with E-state index in [0.717, 1.165) is 25.1 Å². The molecule has 0 spiro atoms. The van der Waals surface area contributed by atoms with Gasteiger partial charge < -0.3 is 9.72 Å². The fourth-order valence-corrected chi connectivity index (χ4v) is 2.14. The zero-order chi connectivity index (χ0) is 15.0. The molecule has 1 amide bonds. The van der Waals surface area contributed by atoms with Gasteiger partial charge in [0.25, 0.3) is 0 Å². The van der Waals surface area contributed by atoms with E-state index in [-0.39, 0.29) is 11.8 Å². The Morgan fingerprint density at radius 1 is 1.33 bits per heavy atom. The maximum absolute atomic E-state index is 12.6. The molecular formula is C14H14F3N3O. The number of fused-ring (bicyclic) bond motifs is 1. The third-order valence-corrected chi connectivity index (χ3v) is 3.46. The van der Waals surface area contributed by atoms with E-state index in [0.29, 0.717) is 24.3 Å². The molecule has 2 heterocycles. The molecule has 0 bridgehead atoms. The number of hydrogen-bond acceptors (Lipinski definition) is 2. The molecule has 21 heavy (non-hydrogen) atoms. The number of aromatic nitrogens is 2. The average molecular weight is 297 g/mol. The highest BCUT2D eigenvalue weighted by molar-refractivity contribution is 5.80. The highest BCUT2D eigenvalue weighted by atomic mass is 19.4. The first-order chi connectivity index (χ1) is 9.93. The van der Waals surface area contributed by atoms with Gasteiger partial charge in [-0.05, 0) is 25.0 Å². The molecule has 0 aromatic carbocycles. The van der Waals surface area contributed by atoms with Crippen molar-refractivity contribution in [2.24, 2.45) is 5.92 Å². The maximum Gasteiger partial charge on any atom is 0.417 e. The van der Waals surface area contributed by atoms with Gasteiger partial charge in [0.15, 0.2) is 0 Å². The summed E-state index contributed by atoms with van der Waals surface area (Å²) < 4.78 is 39.2. The molecule has 112 valence electrons. The van der Waals surface area contributed by atoms with Crippen molar-refractivity contribution < 1.29 is 18.0 Å². The Bertz CT molecular complexity index is 674. The summed E-state index contributed by atoms with van der Waals surface area (Å²) >= 11 is 0. The zero-order valence-corrected chi connectivity index (χ0v) is 11.2. The Balaban J connectivity index is 1.67. The Morgan fingerprint density at radius 2 is 2.10 bits per heavy atom. The second-order valence-electron chi connectivity index (χ2n) is 5.23.